The lowest BCUT2D eigenvalue weighted by Crippen LogP contribution is -2.18. The standard InChI is InChI=1S/C14H17NS.ClH/c15-14(10-5-1-2-6-10)12-9-16-13-8-4-3-7-11(12)13;/h3-4,7-10,14H,1-2,5-6,15H2;1H/t14-;/m1./s1. The first-order valence-electron chi connectivity index (χ1n) is 6.08. The molecule has 1 atom stereocenters. The molecule has 3 rings (SSSR count). The van der Waals surface area contributed by atoms with E-state index in [-0.39, 0.29) is 18.4 Å². The van der Waals surface area contributed by atoms with Crippen molar-refractivity contribution in [1.82, 2.24) is 0 Å². The normalized spacial score (nSPS) is 18.2. The van der Waals surface area contributed by atoms with E-state index in [1.807, 2.05) is 11.3 Å². The third-order valence-electron chi connectivity index (χ3n) is 3.78. The lowest BCUT2D eigenvalue weighted by Gasteiger charge is -2.18. The highest BCUT2D eigenvalue weighted by atomic mass is 35.5. The monoisotopic (exact) mass is 267 g/mol. The number of thiophene rings is 1. The largest absolute Gasteiger partial charge is 0.324 e. The van der Waals surface area contributed by atoms with Crippen LogP contribution in [-0.2, 0) is 0 Å². The van der Waals surface area contributed by atoms with Gasteiger partial charge in [0.15, 0.2) is 0 Å². The van der Waals surface area contributed by atoms with Crippen molar-refractivity contribution < 1.29 is 0 Å². The molecule has 0 saturated heterocycles. The van der Waals surface area contributed by atoms with Crippen molar-refractivity contribution in [2.24, 2.45) is 11.7 Å². The van der Waals surface area contributed by atoms with Gasteiger partial charge < -0.3 is 5.73 Å². The molecule has 17 heavy (non-hydrogen) atoms. The first-order valence-corrected chi connectivity index (χ1v) is 6.96. The van der Waals surface area contributed by atoms with E-state index in [4.69, 9.17) is 5.73 Å². The molecule has 0 unspecified atom stereocenters. The first kappa shape index (κ1) is 12.9. The molecule has 1 aliphatic rings. The van der Waals surface area contributed by atoms with Crippen LogP contribution in [0, 0.1) is 5.92 Å². The van der Waals surface area contributed by atoms with Crippen molar-refractivity contribution in [3.8, 4) is 0 Å². The van der Waals surface area contributed by atoms with Gasteiger partial charge >= 0.3 is 0 Å². The molecule has 3 heteroatoms. The molecule has 1 aliphatic carbocycles. The Bertz CT molecular complexity index is 488. The molecular formula is C14H18ClNS. The van der Waals surface area contributed by atoms with Gasteiger partial charge in [0.05, 0.1) is 0 Å². The zero-order valence-electron chi connectivity index (χ0n) is 9.76. The third-order valence-corrected chi connectivity index (χ3v) is 4.76. The molecule has 1 fully saturated rings. The average molecular weight is 268 g/mol. The Morgan fingerprint density at radius 1 is 1.18 bits per heavy atom. The molecule has 0 radical (unpaired) electrons. The van der Waals surface area contributed by atoms with E-state index in [1.165, 1.54) is 41.3 Å². The number of benzene rings is 1. The summed E-state index contributed by atoms with van der Waals surface area (Å²) in [5.41, 5.74) is 7.79. The fraction of sp³-hybridized carbons (Fsp3) is 0.429. The highest BCUT2D eigenvalue weighted by molar-refractivity contribution is 7.17. The predicted molar refractivity (Wildman–Crippen MR) is 78.0 cm³/mol. The molecular weight excluding hydrogens is 250 g/mol. The van der Waals surface area contributed by atoms with Crippen LogP contribution in [0.25, 0.3) is 10.1 Å². The molecule has 0 aliphatic heterocycles. The average Bonchev–Trinajstić information content (AvgIpc) is 2.98. The fourth-order valence-electron chi connectivity index (χ4n) is 2.83. The minimum Gasteiger partial charge on any atom is -0.324 e. The number of halogens is 1. The first-order chi connectivity index (χ1) is 7.86. The van der Waals surface area contributed by atoms with Gasteiger partial charge in [-0.3, -0.25) is 0 Å². The fourth-order valence-corrected chi connectivity index (χ4v) is 3.83. The second-order valence-electron chi connectivity index (χ2n) is 4.76. The summed E-state index contributed by atoms with van der Waals surface area (Å²) in [6, 6.07) is 8.85. The zero-order valence-corrected chi connectivity index (χ0v) is 11.4. The molecule has 1 heterocycles. The van der Waals surface area contributed by atoms with Gasteiger partial charge in [-0.1, -0.05) is 31.0 Å². The summed E-state index contributed by atoms with van der Waals surface area (Å²) in [5, 5.41) is 3.63. The van der Waals surface area contributed by atoms with Gasteiger partial charge in [-0.15, -0.1) is 23.7 Å². The summed E-state index contributed by atoms with van der Waals surface area (Å²) in [5.74, 6) is 0.706. The van der Waals surface area contributed by atoms with Crippen molar-refractivity contribution in [3.05, 3.63) is 35.2 Å². The number of hydrogen-bond donors (Lipinski definition) is 1. The van der Waals surface area contributed by atoms with Gasteiger partial charge in [0.25, 0.3) is 0 Å². The van der Waals surface area contributed by atoms with Crippen LogP contribution in [0.4, 0.5) is 0 Å². The summed E-state index contributed by atoms with van der Waals surface area (Å²) in [6.07, 6.45) is 5.34. The molecule has 2 N–H and O–H groups in total. The smallest absolute Gasteiger partial charge is 0.0346 e. The molecule has 92 valence electrons. The minimum atomic E-state index is 0. The SMILES string of the molecule is Cl.N[C@@H](c1csc2ccccc12)C1CCCC1. The number of fused-ring (bicyclic) bond motifs is 1. The highest BCUT2D eigenvalue weighted by Gasteiger charge is 2.24. The summed E-state index contributed by atoms with van der Waals surface area (Å²) in [7, 11) is 0. The van der Waals surface area contributed by atoms with Crippen LogP contribution in [-0.4, -0.2) is 0 Å². The summed E-state index contributed by atoms with van der Waals surface area (Å²) in [6.45, 7) is 0. The third kappa shape index (κ3) is 2.35. The molecule has 1 aromatic carbocycles. The van der Waals surface area contributed by atoms with Gasteiger partial charge in [-0.05, 0) is 41.2 Å². The number of rotatable bonds is 2. The van der Waals surface area contributed by atoms with E-state index in [9.17, 15) is 0 Å². The lowest BCUT2D eigenvalue weighted by atomic mass is 9.92. The van der Waals surface area contributed by atoms with E-state index < -0.39 is 0 Å². The topological polar surface area (TPSA) is 26.0 Å². The Morgan fingerprint density at radius 3 is 2.65 bits per heavy atom. The van der Waals surface area contributed by atoms with Gasteiger partial charge in [0.2, 0.25) is 0 Å². The highest BCUT2D eigenvalue weighted by Crippen LogP contribution is 2.38. The van der Waals surface area contributed by atoms with Crippen molar-refractivity contribution in [1.29, 1.82) is 0 Å². The molecule has 0 amide bonds. The zero-order chi connectivity index (χ0) is 11.0. The maximum Gasteiger partial charge on any atom is 0.0346 e. The number of nitrogens with two attached hydrogens (primary N) is 1. The Hall–Kier alpha value is -0.570. The van der Waals surface area contributed by atoms with Gasteiger partial charge in [-0.25, -0.2) is 0 Å². The molecule has 2 aromatic rings. The van der Waals surface area contributed by atoms with E-state index in [2.05, 4.69) is 29.6 Å². The van der Waals surface area contributed by atoms with E-state index in [0.717, 1.165) is 0 Å². The van der Waals surface area contributed by atoms with Crippen LogP contribution in [0.2, 0.25) is 0 Å². The Labute approximate surface area is 112 Å². The Morgan fingerprint density at radius 2 is 1.88 bits per heavy atom. The lowest BCUT2D eigenvalue weighted by molar-refractivity contribution is 0.448. The van der Waals surface area contributed by atoms with Crippen LogP contribution >= 0.6 is 23.7 Å². The second kappa shape index (κ2) is 5.38. The molecule has 0 bridgehead atoms. The molecule has 1 nitrogen and oxygen atoms in total. The second-order valence-corrected chi connectivity index (χ2v) is 5.67. The maximum absolute atomic E-state index is 6.42. The van der Waals surface area contributed by atoms with E-state index >= 15 is 0 Å². The van der Waals surface area contributed by atoms with Crippen LogP contribution in [0.15, 0.2) is 29.6 Å². The van der Waals surface area contributed by atoms with Crippen molar-refractivity contribution in [2.75, 3.05) is 0 Å². The maximum atomic E-state index is 6.42. The Balaban J connectivity index is 0.00000108. The predicted octanol–water partition coefficient (Wildman–Crippen LogP) is 4.51. The molecule has 1 saturated carbocycles. The van der Waals surface area contributed by atoms with Crippen molar-refractivity contribution in [2.45, 2.75) is 31.7 Å². The molecule has 1 aromatic heterocycles. The summed E-state index contributed by atoms with van der Waals surface area (Å²) < 4.78 is 1.37. The van der Waals surface area contributed by atoms with Crippen LogP contribution in [0.3, 0.4) is 0 Å². The number of hydrogen-bond acceptors (Lipinski definition) is 2. The van der Waals surface area contributed by atoms with Gasteiger partial charge in [-0.2, -0.15) is 0 Å². The van der Waals surface area contributed by atoms with Crippen LogP contribution in [0.1, 0.15) is 37.3 Å². The van der Waals surface area contributed by atoms with E-state index in [0.29, 0.717) is 5.92 Å². The minimum absolute atomic E-state index is 0. The van der Waals surface area contributed by atoms with Crippen LogP contribution in [0.5, 0.6) is 0 Å². The summed E-state index contributed by atoms with van der Waals surface area (Å²) >= 11 is 1.82. The molecule has 0 spiro atoms. The summed E-state index contributed by atoms with van der Waals surface area (Å²) in [4.78, 5) is 0. The van der Waals surface area contributed by atoms with Gasteiger partial charge in [0, 0.05) is 10.7 Å². The van der Waals surface area contributed by atoms with Crippen LogP contribution < -0.4 is 5.73 Å². The quantitative estimate of drug-likeness (QED) is 0.851. The van der Waals surface area contributed by atoms with Gasteiger partial charge in [0.1, 0.15) is 0 Å². The van der Waals surface area contributed by atoms with Crippen molar-refractivity contribution in [3.63, 3.8) is 0 Å². The van der Waals surface area contributed by atoms with Crippen molar-refractivity contribution >= 4 is 33.8 Å². The van der Waals surface area contributed by atoms with E-state index in [1.54, 1.807) is 0 Å². The Kier molecular flexibility index (Phi) is 4.08.